The van der Waals surface area contributed by atoms with Crippen LogP contribution in [0, 0.1) is 0 Å². The van der Waals surface area contributed by atoms with Gasteiger partial charge in [-0.15, -0.1) is 0 Å². The lowest BCUT2D eigenvalue weighted by Crippen LogP contribution is -2.46. The topological polar surface area (TPSA) is 89.1 Å². The highest BCUT2D eigenvalue weighted by Crippen LogP contribution is 2.26. The number of nitrogens with zero attached hydrogens (tertiary/aromatic N) is 4. The van der Waals surface area contributed by atoms with Crippen molar-refractivity contribution in [1.82, 2.24) is 15.3 Å². The van der Waals surface area contributed by atoms with E-state index < -0.39 is 0 Å². The first-order chi connectivity index (χ1) is 18.6. The summed E-state index contributed by atoms with van der Waals surface area (Å²) in [5.74, 6) is 2.39. The zero-order valence-electron chi connectivity index (χ0n) is 22.2. The summed E-state index contributed by atoms with van der Waals surface area (Å²) in [7, 11) is 4.97. The molecule has 1 amide bonds. The van der Waals surface area contributed by atoms with Crippen LogP contribution < -0.4 is 19.9 Å². The minimum absolute atomic E-state index is 0.103. The van der Waals surface area contributed by atoms with Crippen LogP contribution in [0.25, 0.3) is 0 Å². The molecule has 1 saturated heterocycles. The van der Waals surface area contributed by atoms with E-state index in [1.54, 1.807) is 33.1 Å². The number of methoxy groups -OCH3 is 3. The first-order valence-electron chi connectivity index (χ1n) is 12.6. The summed E-state index contributed by atoms with van der Waals surface area (Å²) < 4.78 is 15.6. The highest BCUT2D eigenvalue weighted by Gasteiger charge is 2.20. The summed E-state index contributed by atoms with van der Waals surface area (Å²) in [5, 5.41) is 3.55. The van der Waals surface area contributed by atoms with Gasteiger partial charge in [0.1, 0.15) is 11.6 Å². The summed E-state index contributed by atoms with van der Waals surface area (Å²) in [4.78, 5) is 26.5. The molecule has 3 aromatic rings. The second kappa shape index (κ2) is 14.0. The van der Waals surface area contributed by atoms with Crippen molar-refractivity contribution >= 4 is 29.2 Å². The Morgan fingerprint density at radius 3 is 2.29 bits per heavy atom. The predicted octanol–water partition coefficient (Wildman–Crippen LogP) is 3.63. The van der Waals surface area contributed by atoms with Crippen LogP contribution in [-0.4, -0.2) is 76.5 Å². The summed E-state index contributed by atoms with van der Waals surface area (Å²) in [6.07, 6.45) is 0. The molecule has 1 aliphatic rings. The van der Waals surface area contributed by atoms with Crippen molar-refractivity contribution in [2.45, 2.75) is 17.5 Å². The number of carbonyl (C=O) groups is 1. The van der Waals surface area contributed by atoms with Crippen molar-refractivity contribution < 1.29 is 19.0 Å². The zero-order valence-corrected chi connectivity index (χ0v) is 23.0. The second-order valence-corrected chi connectivity index (χ2v) is 9.78. The lowest BCUT2D eigenvalue weighted by atomic mass is 10.1. The molecule has 0 aliphatic carbocycles. The van der Waals surface area contributed by atoms with E-state index in [1.165, 1.54) is 5.69 Å². The molecule has 9 nitrogen and oxygen atoms in total. The van der Waals surface area contributed by atoms with Crippen LogP contribution in [0.4, 0.5) is 11.5 Å². The molecule has 0 spiro atoms. The normalized spacial score (nSPS) is 13.4. The molecule has 2 heterocycles. The quantitative estimate of drug-likeness (QED) is 0.211. The van der Waals surface area contributed by atoms with Crippen molar-refractivity contribution in [2.75, 3.05) is 70.5 Å². The van der Waals surface area contributed by atoms with Gasteiger partial charge in [0.2, 0.25) is 0 Å². The fourth-order valence-corrected chi connectivity index (χ4v) is 4.99. The Bertz CT molecular complexity index is 1170. The van der Waals surface area contributed by atoms with Crippen LogP contribution in [0.3, 0.4) is 0 Å². The van der Waals surface area contributed by atoms with E-state index in [0.29, 0.717) is 36.2 Å². The van der Waals surface area contributed by atoms with E-state index in [9.17, 15) is 4.79 Å². The molecule has 1 aromatic heterocycles. The molecule has 0 bridgehead atoms. The SMILES string of the molecule is COCCNC(=O)c1ccc(CSc2nc(COC)cc(N3CCN(c4ccc(OC)cc4)CC3)n2)cc1. The zero-order chi connectivity index (χ0) is 26.7. The first-order valence-corrected chi connectivity index (χ1v) is 13.6. The van der Waals surface area contributed by atoms with Crippen LogP contribution >= 0.6 is 11.8 Å². The predicted molar refractivity (Wildman–Crippen MR) is 150 cm³/mol. The number of thioether (sulfide) groups is 1. The Hall–Kier alpha value is -3.34. The maximum Gasteiger partial charge on any atom is 0.251 e. The van der Waals surface area contributed by atoms with Gasteiger partial charge in [-0.25, -0.2) is 9.97 Å². The van der Waals surface area contributed by atoms with Gasteiger partial charge in [0.15, 0.2) is 5.16 Å². The van der Waals surface area contributed by atoms with Gasteiger partial charge < -0.3 is 29.3 Å². The molecular formula is C28H35N5O4S. The van der Waals surface area contributed by atoms with Gasteiger partial charge in [-0.2, -0.15) is 0 Å². The molecule has 2 aromatic carbocycles. The van der Waals surface area contributed by atoms with Crippen LogP contribution in [0.1, 0.15) is 21.6 Å². The Morgan fingerprint density at radius 2 is 1.63 bits per heavy atom. The van der Waals surface area contributed by atoms with E-state index in [4.69, 9.17) is 24.2 Å². The molecule has 0 atom stereocenters. The van der Waals surface area contributed by atoms with Gasteiger partial charge in [0.05, 0.1) is 26.0 Å². The molecule has 4 rings (SSSR count). The molecule has 1 aliphatic heterocycles. The molecular weight excluding hydrogens is 502 g/mol. The van der Waals surface area contributed by atoms with Gasteiger partial charge in [-0.1, -0.05) is 23.9 Å². The summed E-state index contributed by atoms with van der Waals surface area (Å²) in [5.41, 5.74) is 3.78. The Labute approximate surface area is 228 Å². The Morgan fingerprint density at radius 1 is 0.921 bits per heavy atom. The van der Waals surface area contributed by atoms with E-state index in [-0.39, 0.29) is 5.91 Å². The number of hydrogen-bond donors (Lipinski definition) is 1. The lowest BCUT2D eigenvalue weighted by molar-refractivity contribution is 0.0937. The van der Waals surface area contributed by atoms with Gasteiger partial charge in [-0.05, 0) is 42.0 Å². The monoisotopic (exact) mass is 537 g/mol. The van der Waals surface area contributed by atoms with Gasteiger partial charge >= 0.3 is 0 Å². The van der Waals surface area contributed by atoms with Gasteiger partial charge in [0, 0.05) is 70.0 Å². The number of benzene rings is 2. The molecule has 1 N–H and O–H groups in total. The average Bonchev–Trinajstić information content (AvgIpc) is 2.96. The van der Waals surface area contributed by atoms with Gasteiger partial charge in [0.25, 0.3) is 5.91 Å². The molecule has 10 heteroatoms. The van der Waals surface area contributed by atoms with Gasteiger partial charge in [-0.3, -0.25) is 4.79 Å². The van der Waals surface area contributed by atoms with E-state index in [2.05, 4.69) is 27.2 Å². The minimum atomic E-state index is -0.103. The number of anilines is 2. The van der Waals surface area contributed by atoms with Crippen LogP contribution in [0.15, 0.2) is 59.8 Å². The number of nitrogens with one attached hydrogen (secondary N) is 1. The smallest absolute Gasteiger partial charge is 0.251 e. The summed E-state index contributed by atoms with van der Waals surface area (Å²) in [6, 6.07) is 17.8. The third-order valence-electron chi connectivity index (χ3n) is 6.25. The fourth-order valence-electron chi connectivity index (χ4n) is 4.16. The van der Waals surface area contributed by atoms with E-state index in [0.717, 1.165) is 49.0 Å². The number of rotatable bonds is 12. The van der Waals surface area contributed by atoms with Crippen molar-refractivity contribution in [3.63, 3.8) is 0 Å². The van der Waals surface area contributed by atoms with Crippen molar-refractivity contribution in [3.05, 3.63) is 71.4 Å². The molecule has 202 valence electrons. The van der Waals surface area contributed by atoms with Crippen molar-refractivity contribution in [2.24, 2.45) is 0 Å². The maximum atomic E-state index is 12.2. The standard InChI is InChI=1S/C28H35N5O4S/c1-35-17-12-29-27(34)22-6-4-21(5-7-22)20-38-28-30-23(19-36-2)18-26(31-28)33-15-13-32(14-16-33)24-8-10-25(37-3)11-9-24/h4-11,18H,12-17,19-20H2,1-3H3,(H,29,34). The van der Waals surface area contributed by atoms with E-state index in [1.807, 2.05) is 42.5 Å². The lowest BCUT2D eigenvalue weighted by Gasteiger charge is -2.37. The molecule has 1 fully saturated rings. The number of hydrogen-bond acceptors (Lipinski definition) is 9. The number of carbonyl (C=O) groups excluding carboxylic acids is 1. The van der Waals surface area contributed by atoms with Crippen LogP contribution in [-0.2, 0) is 21.8 Å². The Kier molecular flexibility index (Phi) is 10.2. The summed E-state index contributed by atoms with van der Waals surface area (Å²) >= 11 is 1.58. The number of piperazine rings is 1. The number of ether oxygens (including phenoxy) is 3. The number of aromatic nitrogens is 2. The number of amides is 1. The average molecular weight is 538 g/mol. The van der Waals surface area contributed by atoms with Crippen LogP contribution in [0.5, 0.6) is 5.75 Å². The Balaban J connectivity index is 1.37. The minimum Gasteiger partial charge on any atom is -0.497 e. The fraction of sp³-hybridized carbons (Fsp3) is 0.393. The van der Waals surface area contributed by atoms with Crippen molar-refractivity contribution in [1.29, 1.82) is 0 Å². The van der Waals surface area contributed by atoms with E-state index >= 15 is 0 Å². The van der Waals surface area contributed by atoms with Crippen LogP contribution in [0.2, 0.25) is 0 Å². The highest BCUT2D eigenvalue weighted by molar-refractivity contribution is 7.98. The highest BCUT2D eigenvalue weighted by atomic mass is 32.2. The third-order valence-corrected chi connectivity index (χ3v) is 7.17. The molecule has 38 heavy (non-hydrogen) atoms. The first kappa shape index (κ1) is 27.7. The third kappa shape index (κ3) is 7.59. The second-order valence-electron chi connectivity index (χ2n) is 8.84. The molecule has 0 saturated carbocycles. The van der Waals surface area contributed by atoms with Crippen molar-refractivity contribution in [3.8, 4) is 5.75 Å². The molecule has 0 radical (unpaired) electrons. The molecule has 0 unspecified atom stereocenters. The summed E-state index contributed by atoms with van der Waals surface area (Å²) in [6.45, 7) is 4.96. The maximum absolute atomic E-state index is 12.2. The largest absolute Gasteiger partial charge is 0.497 e.